The second-order valence-corrected chi connectivity index (χ2v) is 6.83. The van der Waals surface area contributed by atoms with E-state index < -0.39 is 24.2 Å². The minimum Gasteiger partial charge on any atom is -0.454 e. The number of hydrogen-bond donors (Lipinski definition) is 1. The molecule has 1 aliphatic carbocycles. The summed E-state index contributed by atoms with van der Waals surface area (Å²) in [5, 5.41) is 2.90. The van der Waals surface area contributed by atoms with Crippen LogP contribution >= 0.6 is 0 Å². The van der Waals surface area contributed by atoms with Gasteiger partial charge in [0.1, 0.15) is 6.54 Å². The summed E-state index contributed by atoms with van der Waals surface area (Å²) in [5.74, 6) is -2.06. The zero-order valence-corrected chi connectivity index (χ0v) is 14.7. The molecule has 2 atom stereocenters. The van der Waals surface area contributed by atoms with Crippen molar-refractivity contribution >= 4 is 29.3 Å². The molecule has 1 fully saturated rings. The van der Waals surface area contributed by atoms with Crippen molar-refractivity contribution in [3.05, 3.63) is 29.8 Å². The number of ether oxygens (including phenoxy) is 1. The van der Waals surface area contributed by atoms with Crippen LogP contribution in [0.15, 0.2) is 24.3 Å². The van der Waals surface area contributed by atoms with E-state index in [9.17, 15) is 19.2 Å². The average Bonchev–Trinajstić information content (AvgIpc) is 2.87. The molecule has 7 nitrogen and oxygen atoms in total. The van der Waals surface area contributed by atoms with Crippen LogP contribution < -0.4 is 10.2 Å². The highest BCUT2D eigenvalue weighted by molar-refractivity contribution is 6.52. The summed E-state index contributed by atoms with van der Waals surface area (Å²) in [4.78, 5) is 49.0. The number of carbonyl (C=O) groups excluding carboxylic acids is 4. The standard InChI is InChI=1S/C19H22N2O5/c1-12-6-2-4-8-14(12)20-16(22)11-26-17(23)10-21-15-9-5-3-7-13(15)18(24)19(21)25/h3,5,7,9,12,14H,2,4,6,8,10-11H2,1H3,(H,20,22)/t12-,14+/m0/s1. The third-order valence-electron chi connectivity index (χ3n) is 4.99. The molecule has 2 aliphatic rings. The van der Waals surface area contributed by atoms with Crippen molar-refractivity contribution < 1.29 is 23.9 Å². The Morgan fingerprint density at radius 2 is 1.92 bits per heavy atom. The number of amides is 2. The minimum absolute atomic E-state index is 0.111. The third-order valence-corrected chi connectivity index (χ3v) is 4.99. The van der Waals surface area contributed by atoms with E-state index in [-0.39, 0.29) is 24.1 Å². The maximum absolute atomic E-state index is 12.0. The van der Waals surface area contributed by atoms with Crippen LogP contribution in [-0.2, 0) is 19.1 Å². The molecule has 1 heterocycles. The summed E-state index contributed by atoms with van der Waals surface area (Å²) in [6, 6.07) is 6.59. The van der Waals surface area contributed by atoms with Crippen molar-refractivity contribution in [2.45, 2.75) is 38.6 Å². The number of hydrogen-bond acceptors (Lipinski definition) is 5. The van der Waals surface area contributed by atoms with Gasteiger partial charge in [-0.2, -0.15) is 0 Å². The molecule has 0 radical (unpaired) electrons. The topological polar surface area (TPSA) is 92.8 Å². The number of benzene rings is 1. The first kappa shape index (κ1) is 18.1. The maximum atomic E-state index is 12.0. The Morgan fingerprint density at radius 3 is 2.69 bits per heavy atom. The Morgan fingerprint density at radius 1 is 1.19 bits per heavy atom. The lowest BCUT2D eigenvalue weighted by Gasteiger charge is -2.29. The molecule has 0 spiro atoms. The van der Waals surface area contributed by atoms with Crippen LogP contribution in [-0.4, -0.2) is 42.8 Å². The van der Waals surface area contributed by atoms with Gasteiger partial charge in [-0.3, -0.25) is 24.1 Å². The monoisotopic (exact) mass is 358 g/mol. The molecule has 7 heteroatoms. The van der Waals surface area contributed by atoms with Gasteiger partial charge >= 0.3 is 5.97 Å². The second kappa shape index (κ2) is 7.68. The number of nitrogens with one attached hydrogen (secondary N) is 1. The van der Waals surface area contributed by atoms with Crippen molar-refractivity contribution in [2.24, 2.45) is 5.92 Å². The Kier molecular flexibility index (Phi) is 5.35. The van der Waals surface area contributed by atoms with E-state index >= 15 is 0 Å². The van der Waals surface area contributed by atoms with E-state index in [2.05, 4.69) is 12.2 Å². The van der Waals surface area contributed by atoms with Gasteiger partial charge in [0.15, 0.2) is 6.61 Å². The number of rotatable bonds is 5. The molecule has 3 rings (SSSR count). The van der Waals surface area contributed by atoms with Crippen molar-refractivity contribution in [3.63, 3.8) is 0 Å². The fourth-order valence-corrected chi connectivity index (χ4v) is 3.51. The maximum Gasteiger partial charge on any atom is 0.326 e. The van der Waals surface area contributed by atoms with E-state index in [1.54, 1.807) is 24.3 Å². The summed E-state index contributed by atoms with van der Waals surface area (Å²) in [6.07, 6.45) is 4.27. The quantitative estimate of drug-likeness (QED) is 0.635. The van der Waals surface area contributed by atoms with E-state index in [0.29, 0.717) is 11.6 Å². The zero-order valence-electron chi connectivity index (χ0n) is 14.7. The van der Waals surface area contributed by atoms with Crippen molar-refractivity contribution in [1.29, 1.82) is 0 Å². The SMILES string of the molecule is C[C@H]1CCCC[C@H]1NC(=O)COC(=O)CN1C(=O)C(=O)c2ccccc21. The summed E-state index contributed by atoms with van der Waals surface area (Å²) < 4.78 is 4.98. The highest BCUT2D eigenvalue weighted by Gasteiger charge is 2.36. The largest absolute Gasteiger partial charge is 0.454 e. The summed E-state index contributed by atoms with van der Waals surface area (Å²) in [7, 11) is 0. The number of fused-ring (bicyclic) bond motifs is 1. The summed E-state index contributed by atoms with van der Waals surface area (Å²) in [5.41, 5.74) is 0.661. The average molecular weight is 358 g/mol. The minimum atomic E-state index is -0.761. The lowest BCUT2D eigenvalue weighted by Crippen LogP contribution is -2.43. The smallest absolute Gasteiger partial charge is 0.326 e. The highest BCUT2D eigenvalue weighted by Crippen LogP contribution is 2.28. The fourth-order valence-electron chi connectivity index (χ4n) is 3.51. The molecule has 0 saturated heterocycles. The van der Waals surface area contributed by atoms with Crippen LogP contribution in [0.5, 0.6) is 0 Å². The van der Waals surface area contributed by atoms with Gasteiger partial charge < -0.3 is 10.1 Å². The van der Waals surface area contributed by atoms with Gasteiger partial charge in [0.2, 0.25) is 0 Å². The molecule has 1 aromatic carbocycles. The van der Waals surface area contributed by atoms with Gasteiger partial charge in [-0.1, -0.05) is 31.9 Å². The van der Waals surface area contributed by atoms with Crippen molar-refractivity contribution in [2.75, 3.05) is 18.1 Å². The highest BCUT2D eigenvalue weighted by atomic mass is 16.5. The van der Waals surface area contributed by atoms with E-state index in [1.807, 2.05) is 0 Å². The number of anilines is 1. The number of para-hydroxylation sites is 1. The normalized spacial score (nSPS) is 22.1. The van der Waals surface area contributed by atoms with Gasteiger partial charge in [-0.25, -0.2) is 0 Å². The molecule has 1 saturated carbocycles. The molecular weight excluding hydrogens is 336 g/mol. The van der Waals surface area contributed by atoms with Crippen LogP contribution in [0.25, 0.3) is 0 Å². The van der Waals surface area contributed by atoms with E-state index in [4.69, 9.17) is 4.74 Å². The van der Waals surface area contributed by atoms with Crippen LogP contribution in [0.1, 0.15) is 43.0 Å². The lowest BCUT2D eigenvalue weighted by atomic mass is 9.86. The Balaban J connectivity index is 1.51. The van der Waals surface area contributed by atoms with Crippen molar-refractivity contribution in [1.82, 2.24) is 5.32 Å². The Bertz CT molecular complexity index is 745. The van der Waals surface area contributed by atoms with Gasteiger partial charge in [-0.05, 0) is 30.9 Å². The first-order chi connectivity index (χ1) is 12.5. The first-order valence-electron chi connectivity index (χ1n) is 8.87. The van der Waals surface area contributed by atoms with Crippen LogP contribution in [0, 0.1) is 5.92 Å². The van der Waals surface area contributed by atoms with Gasteiger partial charge in [0, 0.05) is 6.04 Å². The fraction of sp³-hybridized carbons (Fsp3) is 0.474. The predicted molar refractivity (Wildman–Crippen MR) is 93.6 cm³/mol. The molecule has 2 amide bonds. The molecule has 138 valence electrons. The molecule has 1 aromatic rings. The zero-order chi connectivity index (χ0) is 18.7. The number of esters is 1. The van der Waals surface area contributed by atoms with Crippen LogP contribution in [0.3, 0.4) is 0 Å². The first-order valence-corrected chi connectivity index (χ1v) is 8.87. The van der Waals surface area contributed by atoms with Gasteiger partial charge in [-0.15, -0.1) is 0 Å². The summed E-state index contributed by atoms with van der Waals surface area (Å²) in [6.45, 7) is 1.32. The molecule has 0 bridgehead atoms. The Hall–Kier alpha value is -2.70. The van der Waals surface area contributed by atoms with Crippen molar-refractivity contribution in [3.8, 4) is 0 Å². The third kappa shape index (κ3) is 3.76. The number of carbonyl (C=O) groups is 4. The number of Topliss-reactive ketones (excluding diaryl/α,β-unsaturated/α-hetero) is 1. The Labute approximate surface area is 151 Å². The molecule has 26 heavy (non-hydrogen) atoms. The molecular formula is C19H22N2O5. The molecule has 0 aromatic heterocycles. The van der Waals surface area contributed by atoms with Crippen LogP contribution in [0.4, 0.5) is 5.69 Å². The van der Waals surface area contributed by atoms with E-state index in [1.165, 1.54) is 6.42 Å². The number of ketones is 1. The van der Waals surface area contributed by atoms with Gasteiger partial charge in [0.25, 0.3) is 17.6 Å². The lowest BCUT2D eigenvalue weighted by molar-refractivity contribution is -0.147. The van der Waals surface area contributed by atoms with Gasteiger partial charge in [0.05, 0.1) is 11.3 Å². The second-order valence-electron chi connectivity index (χ2n) is 6.83. The summed E-state index contributed by atoms with van der Waals surface area (Å²) >= 11 is 0. The van der Waals surface area contributed by atoms with Crippen LogP contribution in [0.2, 0.25) is 0 Å². The van der Waals surface area contributed by atoms with E-state index in [0.717, 1.165) is 24.2 Å². The molecule has 0 unspecified atom stereocenters. The molecule has 1 N–H and O–H groups in total. The number of nitrogens with zero attached hydrogens (tertiary/aromatic N) is 1. The molecule has 1 aliphatic heterocycles. The predicted octanol–water partition coefficient (Wildman–Crippen LogP) is 1.45.